The minimum atomic E-state index is -3.78. The maximum absolute atomic E-state index is 12.7. The van der Waals surface area contributed by atoms with Crippen molar-refractivity contribution in [3.8, 4) is 0 Å². The molecular formula is C13H20N2O4S2. The van der Waals surface area contributed by atoms with Crippen LogP contribution in [0.5, 0.6) is 0 Å². The number of sulfonamides is 1. The Morgan fingerprint density at radius 3 is 1.95 bits per heavy atom. The molecule has 1 aliphatic heterocycles. The molecule has 0 spiro atoms. The molecule has 1 fully saturated rings. The molecule has 118 valence electrons. The second kappa shape index (κ2) is 6.04. The van der Waals surface area contributed by atoms with Gasteiger partial charge in [-0.2, -0.15) is 4.31 Å². The highest BCUT2D eigenvalue weighted by Crippen LogP contribution is 2.24. The van der Waals surface area contributed by atoms with E-state index in [0.717, 1.165) is 12.8 Å². The van der Waals surface area contributed by atoms with Crippen molar-refractivity contribution in [3.05, 3.63) is 24.3 Å². The van der Waals surface area contributed by atoms with Crippen molar-refractivity contribution in [1.29, 1.82) is 0 Å². The molecule has 0 aliphatic carbocycles. The van der Waals surface area contributed by atoms with E-state index >= 15 is 0 Å². The Morgan fingerprint density at radius 1 is 0.952 bits per heavy atom. The third-order valence-electron chi connectivity index (χ3n) is 3.64. The van der Waals surface area contributed by atoms with E-state index in [2.05, 4.69) is 4.90 Å². The van der Waals surface area contributed by atoms with Gasteiger partial charge in [-0.25, -0.2) is 16.8 Å². The number of likely N-dealkylation sites (N-methyl/N-ethyl adjacent to an activating group) is 1. The van der Waals surface area contributed by atoms with E-state index in [1.807, 2.05) is 6.92 Å². The van der Waals surface area contributed by atoms with Gasteiger partial charge in [-0.05, 0) is 18.7 Å². The van der Waals surface area contributed by atoms with E-state index in [9.17, 15) is 16.8 Å². The van der Waals surface area contributed by atoms with Crippen LogP contribution >= 0.6 is 0 Å². The third kappa shape index (κ3) is 3.45. The third-order valence-corrected chi connectivity index (χ3v) is 6.89. The van der Waals surface area contributed by atoms with Gasteiger partial charge < -0.3 is 4.90 Å². The molecule has 0 radical (unpaired) electrons. The number of hydrogen-bond acceptors (Lipinski definition) is 5. The maximum atomic E-state index is 12.7. The monoisotopic (exact) mass is 332 g/mol. The van der Waals surface area contributed by atoms with Crippen LogP contribution in [0.3, 0.4) is 0 Å². The van der Waals surface area contributed by atoms with Crippen molar-refractivity contribution < 1.29 is 16.8 Å². The molecule has 8 heteroatoms. The van der Waals surface area contributed by atoms with Gasteiger partial charge in [0.2, 0.25) is 10.0 Å². The fourth-order valence-electron chi connectivity index (χ4n) is 2.39. The molecule has 1 aromatic rings. The van der Waals surface area contributed by atoms with E-state index < -0.39 is 19.9 Å². The van der Waals surface area contributed by atoms with Crippen molar-refractivity contribution >= 4 is 19.9 Å². The highest BCUT2D eigenvalue weighted by molar-refractivity contribution is 7.93. The second-order valence-electron chi connectivity index (χ2n) is 5.06. The molecular weight excluding hydrogens is 312 g/mol. The van der Waals surface area contributed by atoms with Gasteiger partial charge in [0.05, 0.1) is 4.90 Å². The standard InChI is InChI=1S/C13H20N2O4S2/c1-3-14-8-10-15(11-9-14)21(18,19)13-7-5-4-6-12(13)20(2,16)17/h4-7H,3,8-11H2,1-2H3. The van der Waals surface area contributed by atoms with E-state index in [0.29, 0.717) is 26.2 Å². The molecule has 0 unspecified atom stereocenters. The fraction of sp³-hybridized carbons (Fsp3) is 0.538. The van der Waals surface area contributed by atoms with Crippen LogP contribution in [0.15, 0.2) is 34.1 Å². The Hall–Kier alpha value is -0.960. The summed E-state index contributed by atoms with van der Waals surface area (Å²) in [5.41, 5.74) is 0. The lowest BCUT2D eigenvalue weighted by molar-refractivity contribution is 0.196. The Labute approximate surface area is 126 Å². The molecule has 1 saturated heterocycles. The van der Waals surface area contributed by atoms with Gasteiger partial charge in [-0.3, -0.25) is 0 Å². The molecule has 0 bridgehead atoms. The minimum absolute atomic E-state index is 0.127. The van der Waals surface area contributed by atoms with Gasteiger partial charge >= 0.3 is 0 Å². The Balaban J connectivity index is 2.38. The summed E-state index contributed by atoms with van der Waals surface area (Å²) in [7, 11) is -7.37. The predicted octanol–water partition coefficient (Wildman–Crippen LogP) is 0.416. The van der Waals surface area contributed by atoms with Crippen LogP contribution in [0, 0.1) is 0 Å². The molecule has 0 amide bonds. The van der Waals surface area contributed by atoms with Gasteiger partial charge in [0.25, 0.3) is 0 Å². The molecule has 0 N–H and O–H groups in total. The summed E-state index contributed by atoms with van der Waals surface area (Å²) in [5, 5.41) is 0. The molecule has 6 nitrogen and oxygen atoms in total. The molecule has 21 heavy (non-hydrogen) atoms. The maximum Gasteiger partial charge on any atom is 0.244 e. The highest BCUT2D eigenvalue weighted by Gasteiger charge is 2.31. The van der Waals surface area contributed by atoms with Crippen molar-refractivity contribution in [2.24, 2.45) is 0 Å². The molecule has 0 saturated carbocycles. The summed E-state index contributed by atoms with van der Waals surface area (Å²) in [6, 6.07) is 5.77. The van der Waals surface area contributed by atoms with Gasteiger partial charge in [0.1, 0.15) is 4.90 Å². The molecule has 1 heterocycles. The first-order chi connectivity index (χ1) is 9.76. The van der Waals surface area contributed by atoms with Crippen LogP contribution in [0.2, 0.25) is 0 Å². The Morgan fingerprint density at radius 2 is 1.48 bits per heavy atom. The second-order valence-corrected chi connectivity index (χ2v) is 8.95. The summed E-state index contributed by atoms with van der Waals surface area (Å²) in [5.74, 6) is 0. The number of nitrogens with zero attached hydrogens (tertiary/aromatic N) is 2. The summed E-state index contributed by atoms with van der Waals surface area (Å²) in [6.45, 7) is 5.01. The number of rotatable bonds is 4. The SMILES string of the molecule is CCN1CCN(S(=O)(=O)c2ccccc2S(C)(=O)=O)CC1. The summed E-state index contributed by atoms with van der Waals surface area (Å²) in [6.07, 6.45) is 1.02. The van der Waals surface area contributed by atoms with Gasteiger partial charge in [0.15, 0.2) is 9.84 Å². The Kier molecular flexibility index (Phi) is 4.72. The lowest BCUT2D eigenvalue weighted by Gasteiger charge is -2.33. The number of piperazine rings is 1. The van der Waals surface area contributed by atoms with Crippen molar-refractivity contribution in [3.63, 3.8) is 0 Å². The Bertz CT molecular complexity index is 705. The van der Waals surface area contributed by atoms with Crippen molar-refractivity contribution in [2.75, 3.05) is 39.0 Å². The van der Waals surface area contributed by atoms with Crippen LogP contribution in [-0.4, -0.2) is 65.0 Å². The molecule has 2 rings (SSSR count). The van der Waals surface area contributed by atoms with E-state index in [-0.39, 0.29) is 9.79 Å². The van der Waals surface area contributed by atoms with Crippen molar-refractivity contribution in [1.82, 2.24) is 9.21 Å². The van der Waals surface area contributed by atoms with Crippen LogP contribution in [0.25, 0.3) is 0 Å². The average Bonchev–Trinajstić information content (AvgIpc) is 2.46. The largest absolute Gasteiger partial charge is 0.301 e. The summed E-state index contributed by atoms with van der Waals surface area (Å²) >= 11 is 0. The normalized spacial score (nSPS) is 18.8. The van der Waals surface area contributed by atoms with Gasteiger partial charge in [-0.1, -0.05) is 19.1 Å². The van der Waals surface area contributed by atoms with Crippen LogP contribution in [0.1, 0.15) is 6.92 Å². The number of benzene rings is 1. The summed E-state index contributed by atoms with van der Waals surface area (Å²) in [4.78, 5) is 1.90. The van der Waals surface area contributed by atoms with Gasteiger partial charge in [-0.15, -0.1) is 0 Å². The zero-order valence-electron chi connectivity index (χ0n) is 12.2. The quantitative estimate of drug-likeness (QED) is 0.799. The minimum Gasteiger partial charge on any atom is -0.301 e. The zero-order valence-corrected chi connectivity index (χ0v) is 13.8. The average molecular weight is 332 g/mol. The lowest BCUT2D eigenvalue weighted by Crippen LogP contribution is -2.48. The van der Waals surface area contributed by atoms with Crippen LogP contribution in [0.4, 0.5) is 0 Å². The summed E-state index contributed by atoms with van der Waals surface area (Å²) < 4.78 is 50.3. The highest BCUT2D eigenvalue weighted by atomic mass is 32.2. The van der Waals surface area contributed by atoms with E-state index in [1.54, 1.807) is 6.07 Å². The predicted molar refractivity (Wildman–Crippen MR) is 80.4 cm³/mol. The first kappa shape index (κ1) is 16.4. The number of hydrogen-bond donors (Lipinski definition) is 0. The van der Waals surface area contributed by atoms with Crippen LogP contribution in [-0.2, 0) is 19.9 Å². The fourth-order valence-corrected chi connectivity index (χ4v) is 5.42. The smallest absolute Gasteiger partial charge is 0.244 e. The first-order valence-electron chi connectivity index (χ1n) is 6.78. The topological polar surface area (TPSA) is 74.8 Å². The van der Waals surface area contributed by atoms with Gasteiger partial charge in [0, 0.05) is 32.4 Å². The first-order valence-corrected chi connectivity index (χ1v) is 10.1. The van der Waals surface area contributed by atoms with Crippen molar-refractivity contribution in [2.45, 2.75) is 16.7 Å². The van der Waals surface area contributed by atoms with E-state index in [1.165, 1.54) is 22.5 Å². The molecule has 1 aromatic carbocycles. The number of sulfone groups is 1. The molecule has 1 aliphatic rings. The molecule has 0 atom stereocenters. The zero-order chi connectivity index (χ0) is 15.7. The molecule has 0 aromatic heterocycles. The van der Waals surface area contributed by atoms with Crippen LogP contribution < -0.4 is 0 Å². The lowest BCUT2D eigenvalue weighted by atomic mass is 10.4. The van der Waals surface area contributed by atoms with E-state index in [4.69, 9.17) is 0 Å².